The average Bonchev–Trinajstić information content (AvgIpc) is 2.13. The summed E-state index contributed by atoms with van der Waals surface area (Å²) in [5.74, 6) is 0.803. The lowest BCUT2D eigenvalue weighted by Crippen LogP contribution is -2.36. The van der Waals surface area contributed by atoms with Gasteiger partial charge in [0.25, 0.3) is 0 Å². The van der Waals surface area contributed by atoms with Crippen molar-refractivity contribution in [3.63, 3.8) is 0 Å². The van der Waals surface area contributed by atoms with Crippen LogP contribution in [0.5, 0.6) is 0 Å². The number of carboxylic acids is 1. The minimum Gasteiger partial charge on any atom is -0.480 e. The zero-order valence-electron chi connectivity index (χ0n) is 9.52. The van der Waals surface area contributed by atoms with Crippen LogP contribution in [0.4, 0.5) is 0 Å². The summed E-state index contributed by atoms with van der Waals surface area (Å²) in [4.78, 5) is 23.3. The molecule has 0 aliphatic carbocycles. The highest BCUT2D eigenvalue weighted by Gasteiger charge is 2.14. The molecule has 5 heteroatoms. The van der Waals surface area contributed by atoms with Gasteiger partial charge in [0.2, 0.25) is 5.91 Å². The zero-order valence-corrected chi connectivity index (χ0v) is 10.3. The van der Waals surface area contributed by atoms with Gasteiger partial charge in [-0.15, -0.1) is 0 Å². The first kappa shape index (κ1) is 14.3. The highest BCUT2D eigenvalue weighted by atomic mass is 32.2. The fraction of sp³-hybridized carbons (Fsp3) is 0.800. The molecule has 0 saturated carbocycles. The standard InChI is InChI=1S/C10H19NO3S/c1-4-11(5-10(13)14)9(12)7-15-6-8(2)3/h8H,4-7H2,1-3H3,(H,13,14). The van der Waals surface area contributed by atoms with Gasteiger partial charge < -0.3 is 10.0 Å². The number of likely N-dealkylation sites (N-methyl/N-ethyl adjacent to an activating group) is 1. The van der Waals surface area contributed by atoms with E-state index in [2.05, 4.69) is 13.8 Å². The van der Waals surface area contributed by atoms with Crippen molar-refractivity contribution >= 4 is 23.6 Å². The van der Waals surface area contributed by atoms with Gasteiger partial charge >= 0.3 is 5.97 Å². The Bertz CT molecular complexity index is 219. The first-order valence-electron chi connectivity index (χ1n) is 5.04. The molecule has 0 spiro atoms. The van der Waals surface area contributed by atoms with Crippen molar-refractivity contribution in [2.75, 3.05) is 24.6 Å². The van der Waals surface area contributed by atoms with Crippen molar-refractivity contribution in [2.24, 2.45) is 5.92 Å². The Morgan fingerprint density at radius 3 is 2.40 bits per heavy atom. The van der Waals surface area contributed by atoms with E-state index in [9.17, 15) is 9.59 Å². The van der Waals surface area contributed by atoms with E-state index < -0.39 is 5.97 Å². The molecular weight excluding hydrogens is 214 g/mol. The third kappa shape index (κ3) is 7.25. The number of carbonyl (C=O) groups is 2. The fourth-order valence-corrected chi connectivity index (χ4v) is 1.96. The summed E-state index contributed by atoms with van der Waals surface area (Å²) in [6.45, 7) is 6.22. The molecule has 0 aromatic rings. The lowest BCUT2D eigenvalue weighted by molar-refractivity contribution is -0.143. The summed E-state index contributed by atoms with van der Waals surface area (Å²) >= 11 is 1.56. The van der Waals surface area contributed by atoms with Gasteiger partial charge in [-0.2, -0.15) is 11.8 Å². The van der Waals surface area contributed by atoms with Crippen LogP contribution in [-0.4, -0.2) is 46.5 Å². The van der Waals surface area contributed by atoms with Crippen molar-refractivity contribution in [2.45, 2.75) is 20.8 Å². The van der Waals surface area contributed by atoms with Crippen LogP contribution in [0.25, 0.3) is 0 Å². The van der Waals surface area contributed by atoms with E-state index in [4.69, 9.17) is 5.11 Å². The normalized spacial score (nSPS) is 10.4. The van der Waals surface area contributed by atoms with E-state index in [1.54, 1.807) is 18.7 Å². The van der Waals surface area contributed by atoms with Gasteiger partial charge in [0.15, 0.2) is 0 Å². The summed E-state index contributed by atoms with van der Waals surface area (Å²) in [7, 11) is 0. The second kappa shape index (κ2) is 7.56. The molecule has 0 rings (SSSR count). The number of hydrogen-bond donors (Lipinski definition) is 1. The Morgan fingerprint density at radius 2 is 2.00 bits per heavy atom. The van der Waals surface area contributed by atoms with E-state index in [-0.39, 0.29) is 12.5 Å². The molecule has 0 fully saturated rings. The highest BCUT2D eigenvalue weighted by Crippen LogP contribution is 2.08. The number of carbonyl (C=O) groups excluding carboxylic acids is 1. The number of nitrogens with zero attached hydrogens (tertiary/aromatic N) is 1. The Labute approximate surface area is 95.0 Å². The monoisotopic (exact) mass is 233 g/mol. The summed E-state index contributed by atoms with van der Waals surface area (Å²) in [5, 5.41) is 8.58. The van der Waals surface area contributed by atoms with Crippen LogP contribution >= 0.6 is 11.8 Å². The molecule has 0 aliphatic heterocycles. The molecule has 88 valence electrons. The molecule has 0 saturated heterocycles. The predicted octanol–water partition coefficient (Wildman–Crippen LogP) is 1.31. The van der Waals surface area contributed by atoms with E-state index in [1.807, 2.05) is 0 Å². The van der Waals surface area contributed by atoms with Crippen LogP contribution in [0.2, 0.25) is 0 Å². The summed E-state index contributed by atoms with van der Waals surface area (Å²) in [6.07, 6.45) is 0. The maximum atomic E-state index is 11.5. The summed E-state index contributed by atoms with van der Waals surface area (Å²) < 4.78 is 0. The van der Waals surface area contributed by atoms with Gasteiger partial charge in [-0.1, -0.05) is 13.8 Å². The molecule has 1 N–H and O–H groups in total. The SMILES string of the molecule is CCN(CC(=O)O)C(=O)CSCC(C)C. The lowest BCUT2D eigenvalue weighted by atomic mass is 10.3. The first-order valence-corrected chi connectivity index (χ1v) is 6.20. The van der Waals surface area contributed by atoms with Crippen molar-refractivity contribution < 1.29 is 14.7 Å². The first-order chi connectivity index (χ1) is 6.97. The average molecular weight is 233 g/mol. The molecular formula is C10H19NO3S. The number of hydrogen-bond acceptors (Lipinski definition) is 3. The zero-order chi connectivity index (χ0) is 11.8. The third-order valence-corrected chi connectivity index (χ3v) is 3.09. The van der Waals surface area contributed by atoms with E-state index in [1.165, 1.54) is 4.90 Å². The summed E-state index contributed by atoms with van der Waals surface area (Å²) in [5.41, 5.74) is 0. The fourth-order valence-electron chi connectivity index (χ4n) is 1.01. The smallest absolute Gasteiger partial charge is 0.323 e. The molecule has 15 heavy (non-hydrogen) atoms. The van der Waals surface area contributed by atoms with Gasteiger partial charge in [0, 0.05) is 6.54 Å². The second-order valence-electron chi connectivity index (χ2n) is 3.71. The van der Waals surface area contributed by atoms with Crippen LogP contribution in [0.15, 0.2) is 0 Å². The Kier molecular flexibility index (Phi) is 7.21. The molecule has 0 radical (unpaired) electrons. The van der Waals surface area contributed by atoms with Crippen LogP contribution in [0, 0.1) is 5.92 Å². The molecule has 0 bridgehead atoms. The second-order valence-corrected chi connectivity index (χ2v) is 4.74. The molecule has 1 amide bonds. The molecule has 4 nitrogen and oxygen atoms in total. The van der Waals surface area contributed by atoms with Crippen LogP contribution < -0.4 is 0 Å². The van der Waals surface area contributed by atoms with Gasteiger partial charge in [-0.25, -0.2) is 0 Å². The van der Waals surface area contributed by atoms with Gasteiger partial charge in [0.05, 0.1) is 5.75 Å². The van der Waals surface area contributed by atoms with Crippen LogP contribution in [0.1, 0.15) is 20.8 Å². The number of thioether (sulfide) groups is 1. The van der Waals surface area contributed by atoms with Gasteiger partial charge in [-0.3, -0.25) is 9.59 Å². The highest BCUT2D eigenvalue weighted by molar-refractivity contribution is 7.99. The van der Waals surface area contributed by atoms with E-state index in [0.717, 1.165) is 5.75 Å². The number of aliphatic carboxylic acids is 1. The van der Waals surface area contributed by atoms with Crippen LogP contribution in [-0.2, 0) is 9.59 Å². The molecule has 0 aliphatic rings. The van der Waals surface area contributed by atoms with Crippen molar-refractivity contribution in [3.8, 4) is 0 Å². The largest absolute Gasteiger partial charge is 0.480 e. The quantitative estimate of drug-likeness (QED) is 0.720. The molecule has 0 aromatic carbocycles. The van der Waals surface area contributed by atoms with Gasteiger partial charge in [0.1, 0.15) is 6.54 Å². The number of amides is 1. The lowest BCUT2D eigenvalue weighted by Gasteiger charge is -2.18. The van der Waals surface area contributed by atoms with Crippen molar-refractivity contribution in [3.05, 3.63) is 0 Å². The summed E-state index contributed by atoms with van der Waals surface area (Å²) in [6, 6.07) is 0. The van der Waals surface area contributed by atoms with E-state index in [0.29, 0.717) is 18.2 Å². The van der Waals surface area contributed by atoms with Gasteiger partial charge in [-0.05, 0) is 18.6 Å². The van der Waals surface area contributed by atoms with Crippen molar-refractivity contribution in [1.82, 2.24) is 4.90 Å². The number of carboxylic acid groups (broad SMARTS) is 1. The Morgan fingerprint density at radius 1 is 1.40 bits per heavy atom. The maximum absolute atomic E-state index is 11.5. The van der Waals surface area contributed by atoms with E-state index >= 15 is 0 Å². The molecule has 0 heterocycles. The minimum atomic E-state index is -0.959. The molecule has 0 unspecified atom stereocenters. The van der Waals surface area contributed by atoms with Crippen LogP contribution in [0.3, 0.4) is 0 Å². The minimum absolute atomic E-state index is 0.0921. The Balaban J connectivity index is 3.88. The molecule has 0 atom stereocenters. The van der Waals surface area contributed by atoms with Crippen molar-refractivity contribution in [1.29, 1.82) is 0 Å². The number of rotatable bonds is 7. The Hall–Kier alpha value is -0.710. The topological polar surface area (TPSA) is 57.6 Å². The third-order valence-electron chi connectivity index (χ3n) is 1.74. The predicted molar refractivity (Wildman–Crippen MR) is 62.1 cm³/mol. The maximum Gasteiger partial charge on any atom is 0.323 e. The molecule has 0 aromatic heterocycles.